The van der Waals surface area contributed by atoms with Crippen LogP contribution in [-0.2, 0) is 6.42 Å². The molecular formula is C10H17NOSi. The SMILES string of the molecule is CCCCc1ccnc(C)c1O[SiH3]. The van der Waals surface area contributed by atoms with E-state index in [9.17, 15) is 0 Å². The van der Waals surface area contributed by atoms with Gasteiger partial charge in [-0.1, -0.05) is 13.3 Å². The van der Waals surface area contributed by atoms with Gasteiger partial charge in [-0.2, -0.15) is 0 Å². The van der Waals surface area contributed by atoms with Crippen LogP contribution in [0.4, 0.5) is 0 Å². The highest BCUT2D eigenvalue weighted by Gasteiger charge is 2.04. The van der Waals surface area contributed by atoms with Gasteiger partial charge in [0.1, 0.15) is 5.75 Å². The third kappa shape index (κ3) is 2.55. The van der Waals surface area contributed by atoms with Crippen LogP contribution in [0.15, 0.2) is 12.3 Å². The molecule has 0 unspecified atom stereocenters. The minimum atomic E-state index is 0.742. The fourth-order valence-corrected chi connectivity index (χ4v) is 2.01. The summed E-state index contributed by atoms with van der Waals surface area (Å²) in [5, 5.41) is 0. The van der Waals surface area contributed by atoms with Gasteiger partial charge < -0.3 is 4.43 Å². The van der Waals surface area contributed by atoms with E-state index in [1.807, 2.05) is 13.1 Å². The highest BCUT2D eigenvalue weighted by molar-refractivity contribution is 6.00. The van der Waals surface area contributed by atoms with Crippen molar-refractivity contribution in [1.29, 1.82) is 0 Å². The molecule has 2 nitrogen and oxygen atoms in total. The lowest BCUT2D eigenvalue weighted by Crippen LogP contribution is -1.97. The minimum Gasteiger partial charge on any atom is -0.552 e. The predicted octanol–water partition coefficient (Wildman–Crippen LogP) is 1.39. The van der Waals surface area contributed by atoms with Gasteiger partial charge >= 0.3 is 0 Å². The van der Waals surface area contributed by atoms with Crippen LogP contribution in [0.1, 0.15) is 31.0 Å². The van der Waals surface area contributed by atoms with E-state index in [4.69, 9.17) is 4.43 Å². The summed E-state index contributed by atoms with van der Waals surface area (Å²) < 4.78 is 5.45. The van der Waals surface area contributed by atoms with Crippen LogP contribution in [0.2, 0.25) is 0 Å². The zero-order valence-electron chi connectivity index (χ0n) is 8.63. The lowest BCUT2D eigenvalue weighted by atomic mass is 10.1. The van der Waals surface area contributed by atoms with Gasteiger partial charge in [-0.05, 0) is 31.4 Å². The van der Waals surface area contributed by atoms with Crippen molar-refractivity contribution in [3.8, 4) is 5.75 Å². The van der Waals surface area contributed by atoms with E-state index >= 15 is 0 Å². The fourth-order valence-electron chi connectivity index (χ4n) is 1.45. The molecule has 0 bridgehead atoms. The summed E-state index contributed by atoms with van der Waals surface area (Å²) in [7, 11) is 0.742. The molecule has 0 aromatic carbocycles. The van der Waals surface area contributed by atoms with E-state index in [0.29, 0.717) is 0 Å². The molecule has 72 valence electrons. The van der Waals surface area contributed by atoms with E-state index in [1.54, 1.807) is 0 Å². The maximum absolute atomic E-state index is 5.45. The van der Waals surface area contributed by atoms with Gasteiger partial charge in [0, 0.05) is 6.20 Å². The number of hydrogen-bond donors (Lipinski definition) is 0. The molecule has 1 aromatic rings. The monoisotopic (exact) mass is 195 g/mol. The molecule has 0 atom stereocenters. The normalized spacial score (nSPS) is 10.3. The van der Waals surface area contributed by atoms with Crippen molar-refractivity contribution < 1.29 is 4.43 Å². The van der Waals surface area contributed by atoms with E-state index < -0.39 is 0 Å². The molecule has 0 radical (unpaired) electrons. The fraction of sp³-hybridized carbons (Fsp3) is 0.500. The van der Waals surface area contributed by atoms with Gasteiger partial charge in [-0.3, -0.25) is 4.98 Å². The number of rotatable bonds is 4. The zero-order valence-corrected chi connectivity index (χ0v) is 10.6. The summed E-state index contributed by atoms with van der Waals surface area (Å²) >= 11 is 0. The smallest absolute Gasteiger partial charge is 0.204 e. The largest absolute Gasteiger partial charge is 0.552 e. The number of pyridine rings is 1. The third-order valence-corrected chi connectivity index (χ3v) is 2.58. The second kappa shape index (κ2) is 5.02. The second-order valence-corrected chi connectivity index (χ2v) is 3.60. The van der Waals surface area contributed by atoms with Gasteiger partial charge in [0.25, 0.3) is 0 Å². The molecule has 0 fully saturated rings. The molecule has 1 rings (SSSR count). The van der Waals surface area contributed by atoms with Crippen molar-refractivity contribution in [1.82, 2.24) is 4.98 Å². The lowest BCUT2D eigenvalue weighted by Gasteiger charge is -2.10. The summed E-state index contributed by atoms with van der Waals surface area (Å²) in [4.78, 5) is 4.22. The summed E-state index contributed by atoms with van der Waals surface area (Å²) in [6.45, 7) is 4.21. The highest BCUT2D eigenvalue weighted by Crippen LogP contribution is 2.22. The van der Waals surface area contributed by atoms with E-state index in [2.05, 4.69) is 18.0 Å². The van der Waals surface area contributed by atoms with Crippen LogP contribution < -0.4 is 4.43 Å². The molecule has 0 saturated carbocycles. The van der Waals surface area contributed by atoms with Crippen molar-refractivity contribution in [2.45, 2.75) is 33.1 Å². The Morgan fingerprint density at radius 3 is 2.92 bits per heavy atom. The van der Waals surface area contributed by atoms with Gasteiger partial charge in [0.05, 0.1) is 5.69 Å². The Hall–Kier alpha value is -0.833. The molecule has 3 heteroatoms. The van der Waals surface area contributed by atoms with Crippen molar-refractivity contribution >= 4 is 10.5 Å². The minimum absolute atomic E-state index is 0.742. The molecule has 0 aliphatic rings. The molecule has 0 spiro atoms. The molecule has 1 heterocycles. The molecule has 1 aromatic heterocycles. The van der Waals surface area contributed by atoms with Gasteiger partial charge in [-0.25, -0.2) is 0 Å². The maximum atomic E-state index is 5.45. The number of unbranched alkanes of at least 4 members (excludes halogenated alkanes) is 1. The van der Waals surface area contributed by atoms with E-state index in [-0.39, 0.29) is 0 Å². The Kier molecular flexibility index (Phi) is 3.96. The molecule has 0 saturated heterocycles. The van der Waals surface area contributed by atoms with Crippen LogP contribution in [0.25, 0.3) is 0 Å². The highest BCUT2D eigenvalue weighted by atomic mass is 28.2. The summed E-state index contributed by atoms with van der Waals surface area (Å²) in [5.41, 5.74) is 2.33. The average molecular weight is 195 g/mol. The van der Waals surface area contributed by atoms with Crippen molar-refractivity contribution in [3.05, 3.63) is 23.5 Å². The summed E-state index contributed by atoms with van der Waals surface area (Å²) in [6, 6.07) is 2.07. The standard InChI is InChI=1S/C10H17NOSi/c1-3-4-5-9-6-7-11-8(2)10(9)12-13/h6-7H,3-5H2,1-2,13H3. The van der Waals surface area contributed by atoms with Gasteiger partial charge in [0.15, 0.2) is 0 Å². The Labute approximate surface area is 82.9 Å². The first-order chi connectivity index (χ1) is 6.29. The molecular weight excluding hydrogens is 178 g/mol. The molecule has 0 aliphatic heterocycles. The topological polar surface area (TPSA) is 22.1 Å². The Bertz CT molecular complexity index is 276. The number of nitrogens with zero attached hydrogens (tertiary/aromatic N) is 1. The van der Waals surface area contributed by atoms with Crippen molar-refractivity contribution in [2.75, 3.05) is 0 Å². The molecule has 0 aliphatic carbocycles. The quantitative estimate of drug-likeness (QED) is 0.677. The number of aryl methyl sites for hydroxylation is 2. The number of hydrogen-bond acceptors (Lipinski definition) is 2. The van der Waals surface area contributed by atoms with Crippen LogP contribution in [0.3, 0.4) is 0 Å². The maximum Gasteiger partial charge on any atom is 0.204 e. The summed E-state index contributed by atoms with van der Waals surface area (Å²) in [5.74, 6) is 1.02. The first-order valence-electron chi connectivity index (χ1n) is 4.78. The lowest BCUT2D eigenvalue weighted by molar-refractivity contribution is 0.589. The van der Waals surface area contributed by atoms with Gasteiger partial charge in [-0.15, -0.1) is 0 Å². The van der Waals surface area contributed by atoms with Crippen LogP contribution in [0, 0.1) is 6.92 Å². The average Bonchev–Trinajstić information content (AvgIpc) is 2.15. The molecule has 13 heavy (non-hydrogen) atoms. The van der Waals surface area contributed by atoms with E-state index in [0.717, 1.165) is 28.4 Å². The Morgan fingerprint density at radius 2 is 2.31 bits per heavy atom. The summed E-state index contributed by atoms with van der Waals surface area (Å²) in [6.07, 6.45) is 5.42. The van der Waals surface area contributed by atoms with Crippen LogP contribution in [-0.4, -0.2) is 15.5 Å². The number of aromatic nitrogens is 1. The Balaban J connectivity index is 2.85. The van der Waals surface area contributed by atoms with E-state index in [1.165, 1.54) is 18.4 Å². The van der Waals surface area contributed by atoms with Crippen LogP contribution >= 0.6 is 0 Å². The molecule has 0 amide bonds. The molecule has 0 N–H and O–H groups in total. The van der Waals surface area contributed by atoms with Crippen LogP contribution in [0.5, 0.6) is 5.75 Å². The van der Waals surface area contributed by atoms with Gasteiger partial charge in [0.2, 0.25) is 10.5 Å². The first-order valence-corrected chi connectivity index (χ1v) is 5.59. The first kappa shape index (κ1) is 10.2. The van der Waals surface area contributed by atoms with Crippen molar-refractivity contribution in [2.24, 2.45) is 0 Å². The Morgan fingerprint density at radius 1 is 1.54 bits per heavy atom. The predicted molar refractivity (Wildman–Crippen MR) is 58.2 cm³/mol. The zero-order chi connectivity index (χ0) is 9.68. The second-order valence-electron chi connectivity index (χ2n) is 3.19. The van der Waals surface area contributed by atoms with Crippen molar-refractivity contribution in [3.63, 3.8) is 0 Å². The third-order valence-electron chi connectivity index (χ3n) is 2.17.